The fourth-order valence-electron chi connectivity index (χ4n) is 3.09. The summed E-state index contributed by atoms with van der Waals surface area (Å²) in [6, 6.07) is 4.41. The Morgan fingerprint density at radius 3 is 3.00 bits per heavy atom. The second-order valence-corrected chi connectivity index (χ2v) is 6.47. The lowest BCUT2D eigenvalue weighted by Crippen LogP contribution is -2.18. The highest BCUT2D eigenvalue weighted by Crippen LogP contribution is 2.38. The van der Waals surface area contributed by atoms with Crippen LogP contribution >= 0.6 is 15.9 Å². The Bertz CT molecular complexity index is 666. The predicted octanol–water partition coefficient (Wildman–Crippen LogP) is 3.99. The SMILES string of the molecule is COc1cc(Br)cc(C)c1NC1CCCc2c1cnn2C. The van der Waals surface area contributed by atoms with Gasteiger partial charge in [-0.3, -0.25) is 4.68 Å². The third kappa shape index (κ3) is 2.67. The van der Waals surface area contributed by atoms with E-state index in [4.69, 9.17) is 4.74 Å². The van der Waals surface area contributed by atoms with Crippen molar-refractivity contribution in [3.8, 4) is 5.75 Å². The number of rotatable bonds is 3. The van der Waals surface area contributed by atoms with Crippen LogP contribution in [0.25, 0.3) is 0 Å². The van der Waals surface area contributed by atoms with Crippen molar-refractivity contribution in [2.75, 3.05) is 12.4 Å². The van der Waals surface area contributed by atoms with E-state index in [2.05, 4.69) is 39.3 Å². The van der Waals surface area contributed by atoms with Gasteiger partial charge in [-0.15, -0.1) is 0 Å². The quantitative estimate of drug-likeness (QED) is 0.910. The molecule has 1 aromatic carbocycles. The van der Waals surface area contributed by atoms with E-state index in [-0.39, 0.29) is 0 Å². The summed E-state index contributed by atoms with van der Waals surface area (Å²) in [6.07, 6.45) is 5.41. The van der Waals surface area contributed by atoms with Crippen molar-refractivity contribution in [2.45, 2.75) is 32.2 Å². The summed E-state index contributed by atoms with van der Waals surface area (Å²) in [6.45, 7) is 2.10. The molecule has 1 aromatic heterocycles. The Morgan fingerprint density at radius 1 is 1.43 bits per heavy atom. The number of nitrogens with one attached hydrogen (secondary N) is 1. The normalized spacial score (nSPS) is 17.4. The fraction of sp³-hybridized carbons (Fsp3) is 0.438. The Kier molecular flexibility index (Phi) is 3.93. The van der Waals surface area contributed by atoms with Crippen LogP contribution < -0.4 is 10.1 Å². The van der Waals surface area contributed by atoms with Gasteiger partial charge in [0.25, 0.3) is 0 Å². The molecule has 1 aliphatic carbocycles. The molecule has 1 atom stereocenters. The highest BCUT2D eigenvalue weighted by molar-refractivity contribution is 9.10. The Labute approximate surface area is 133 Å². The summed E-state index contributed by atoms with van der Waals surface area (Å²) in [4.78, 5) is 0. The number of anilines is 1. The van der Waals surface area contributed by atoms with Gasteiger partial charge < -0.3 is 10.1 Å². The molecule has 1 heterocycles. The lowest BCUT2D eigenvalue weighted by Gasteiger charge is -2.26. The topological polar surface area (TPSA) is 39.1 Å². The first-order valence-corrected chi connectivity index (χ1v) is 8.01. The number of aryl methyl sites for hydroxylation is 2. The van der Waals surface area contributed by atoms with Crippen molar-refractivity contribution in [2.24, 2.45) is 7.05 Å². The molecule has 0 fully saturated rings. The van der Waals surface area contributed by atoms with Crippen LogP contribution in [0.4, 0.5) is 5.69 Å². The van der Waals surface area contributed by atoms with Gasteiger partial charge in [-0.05, 0) is 43.9 Å². The van der Waals surface area contributed by atoms with Gasteiger partial charge in [0.05, 0.1) is 25.0 Å². The number of hydrogen-bond donors (Lipinski definition) is 1. The first-order valence-electron chi connectivity index (χ1n) is 7.21. The molecule has 1 aliphatic rings. The van der Waals surface area contributed by atoms with Crippen molar-refractivity contribution in [1.29, 1.82) is 0 Å². The van der Waals surface area contributed by atoms with Crippen LogP contribution in [0.5, 0.6) is 5.75 Å². The van der Waals surface area contributed by atoms with Gasteiger partial charge in [0.1, 0.15) is 5.75 Å². The number of fused-ring (bicyclic) bond motifs is 1. The molecule has 5 heteroatoms. The van der Waals surface area contributed by atoms with Gasteiger partial charge >= 0.3 is 0 Å². The highest BCUT2D eigenvalue weighted by Gasteiger charge is 2.24. The first-order chi connectivity index (χ1) is 10.1. The van der Waals surface area contributed by atoms with Gasteiger partial charge in [-0.2, -0.15) is 5.10 Å². The van der Waals surface area contributed by atoms with Crippen molar-refractivity contribution in [3.05, 3.63) is 39.6 Å². The summed E-state index contributed by atoms with van der Waals surface area (Å²) in [5, 5.41) is 8.07. The molecule has 0 saturated carbocycles. The van der Waals surface area contributed by atoms with E-state index in [1.165, 1.54) is 23.2 Å². The van der Waals surface area contributed by atoms with E-state index >= 15 is 0 Å². The summed E-state index contributed by atoms with van der Waals surface area (Å²) in [7, 11) is 3.73. The van der Waals surface area contributed by atoms with Crippen molar-refractivity contribution >= 4 is 21.6 Å². The molecule has 0 amide bonds. The molecule has 4 nitrogen and oxygen atoms in total. The molecule has 0 saturated heterocycles. The number of halogens is 1. The van der Waals surface area contributed by atoms with Crippen LogP contribution in [-0.2, 0) is 13.5 Å². The number of nitrogens with zero attached hydrogens (tertiary/aromatic N) is 2. The lowest BCUT2D eigenvalue weighted by molar-refractivity contribution is 0.415. The van der Waals surface area contributed by atoms with Crippen LogP contribution in [-0.4, -0.2) is 16.9 Å². The molecule has 21 heavy (non-hydrogen) atoms. The zero-order valence-corrected chi connectivity index (χ0v) is 14.2. The summed E-state index contributed by atoms with van der Waals surface area (Å²) >= 11 is 3.52. The van der Waals surface area contributed by atoms with Crippen LogP contribution in [0.2, 0.25) is 0 Å². The van der Waals surface area contributed by atoms with Crippen molar-refractivity contribution in [1.82, 2.24) is 9.78 Å². The number of hydrogen-bond acceptors (Lipinski definition) is 3. The Balaban J connectivity index is 1.95. The van der Waals surface area contributed by atoms with Crippen LogP contribution in [0, 0.1) is 6.92 Å². The third-order valence-corrected chi connectivity index (χ3v) is 4.64. The summed E-state index contributed by atoms with van der Waals surface area (Å²) in [5.74, 6) is 0.873. The molecular formula is C16H20BrN3O. The predicted molar refractivity (Wildman–Crippen MR) is 87.9 cm³/mol. The van der Waals surface area contributed by atoms with E-state index in [1.54, 1.807) is 7.11 Å². The van der Waals surface area contributed by atoms with Crippen LogP contribution in [0.1, 0.15) is 35.7 Å². The molecule has 2 aromatic rings. The molecule has 0 aliphatic heterocycles. The van der Waals surface area contributed by atoms with Gasteiger partial charge in [0.15, 0.2) is 0 Å². The number of benzene rings is 1. The average Bonchev–Trinajstić information content (AvgIpc) is 2.84. The zero-order valence-electron chi connectivity index (χ0n) is 12.6. The van der Waals surface area contributed by atoms with Gasteiger partial charge in [-0.1, -0.05) is 15.9 Å². The smallest absolute Gasteiger partial charge is 0.143 e. The highest BCUT2D eigenvalue weighted by atomic mass is 79.9. The Morgan fingerprint density at radius 2 is 2.24 bits per heavy atom. The molecule has 0 radical (unpaired) electrons. The van der Waals surface area contributed by atoms with Crippen LogP contribution in [0.3, 0.4) is 0 Å². The van der Waals surface area contributed by atoms with Crippen LogP contribution in [0.15, 0.2) is 22.8 Å². The van der Waals surface area contributed by atoms with E-state index in [9.17, 15) is 0 Å². The van der Waals surface area contributed by atoms with E-state index in [0.29, 0.717) is 6.04 Å². The number of ether oxygens (including phenoxy) is 1. The lowest BCUT2D eigenvalue weighted by atomic mass is 9.92. The maximum atomic E-state index is 5.53. The number of methoxy groups -OCH3 is 1. The third-order valence-electron chi connectivity index (χ3n) is 4.18. The molecule has 112 valence electrons. The molecular weight excluding hydrogens is 330 g/mol. The van der Waals surface area contributed by atoms with Crippen molar-refractivity contribution < 1.29 is 4.74 Å². The van der Waals surface area contributed by atoms with E-state index < -0.39 is 0 Å². The minimum atomic E-state index is 0.302. The maximum Gasteiger partial charge on any atom is 0.143 e. The summed E-state index contributed by atoms with van der Waals surface area (Å²) < 4.78 is 8.56. The molecule has 1 N–H and O–H groups in total. The largest absolute Gasteiger partial charge is 0.495 e. The standard InChI is InChI=1S/C16H20BrN3O/c1-10-7-11(17)8-15(21-3)16(10)19-13-5-4-6-14-12(13)9-18-20(14)2/h7-9,13,19H,4-6H2,1-3H3. The molecule has 0 bridgehead atoms. The average molecular weight is 350 g/mol. The molecule has 1 unspecified atom stereocenters. The fourth-order valence-corrected chi connectivity index (χ4v) is 3.64. The second kappa shape index (κ2) is 5.72. The van der Waals surface area contributed by atoms with Gasteiger partial charge in [-0.25, -0.2) is 0 Å². The minimum Gasteiger partial charge on any atom is -0.495 e. The van der Waals surface area contributed by atoms with Gasteiger partial charge in [0, 0.05) is 22.8 Å². The minimum absolute atomic E-state index is 0.302. The summed E-state index contributed by atoms with van der Waals surface area (Å²) in [5.41, 5.74) is 4.90. The van der Waals surface area contributed by atoms with Gasteiger partial charge in [0.2, 0.25) is 0 Å². The maximum absolute atomic E-state index is 5.53. The molecule has 0 spiro atoms. The van der Waals surface area contributed by atoms with E-state index in [1.807, 2.05) is 24.0 Å². The zero-order chi connectivity index (χ0) is 15.0. The number of aromatic nitrogens is 2. The van der Waals surface area contributed by atoms with E-state index in [0.717, 1.165) is 28.8 Å². The Hall–Kier alpha value is -1.49. The monoisotopic (exact) mass is 349 g/mol. The van der Waals surface area contributed by atoms with Crippen molar-refractivity contribution in [3.63, 3.8) is 0 Å². The first kappa shape index (κ1) is 14.4. The second-order valence-electron chi connectivity index (χ2n) is 5.56. The molecule has 3 rings (SSSR count).